The van der Waals surface area contributed by atoms with Gasteiger partial charge in [-0.25, -0.2) is 13.2 Å². The summed E-state index contributed by atoms with van der Waals surface area (Å²) in [6.45, 7) is 0. The average molecular weight is 459 g/mol. The van der Waals surface area contributed by atoms with Crippen molar-refractivity contribution >= 4 is 38.3 Å². The third kappa shape index (κ3) is 3.84. The van der Waals surface area contributed by atoms with Gasteiger partial charge in [0.15, 0.2) is 0 Å². The van der Waals surface area contributed by atoms with Gasteiger partial charge >= 0.3 is 5.97 Å². The number of nitrogens with zero attached hydrogens (tertiary/aromatic N) is 2. The van der Waals surface area contributed by atoms with Crippen LogP contribution in [0, 0.1) is 11.3 Å². The van der Waals surface area contributed by atoms with Crippen molar-refractivity contribution in [3.8, 4) is 6.07 Å². The molecule has 3 aromatic carbocycles. The zero-order chi connectivity index (χ0) is 23.8. The molecule has 9 heteroatoms. The second-order valence-electron chi connectivity index (χ2n) is 7.23. The summed E-state index contributed by atoms with van der Waals surface area (Å²) < 4.78 is 28.0. The predicted octanol–water partition coefficient (Wildman–Crippen LogP) is 3.83. The van der Waals surface area contributed by atoms with Crippen molar-refractivity contribution in [2.75, 3.05) is 5.32 Å². The summed E-state index contributed by atoms with van der Waals surface area (Å²) in [6, 6.07) is 20.1. The van der Waals surface area contributed by atoms with Crippen molar-refractivity contribution in [3.63, 3.8) is 0 Å². The molecule has 0 aliphatic heterocycles. The summed E-state index contributed by atoms with van der Waals surface area (Å²) in [7, 11) is -2.28. The van der Waals surface area contributed by atoms with Crippen molar-refractivity contribution < 1.29 is 23.1 Å². The first-order valence-corrected chi connectivity index (χ1v) is 11.2. The minimum atomic E-state index is -3.85. The maximum atomic E-state index is 13.2. The first-order valence-electron chi connectivity index (χ1n) is 9.71. The number of carbonyl (C=O) groups is 2. The van der Waals surface area contributed by atoms with Gasteiger partial charge in [-0.3, -0.25) is 4.79 Å². The number of fused-ring (bicyclic) bond motifs is 1. The van der Waals surface area contributed by atoms with Crippen LogP contribution in [0.1, 0.15) is 26.4 Å². The standard InChI is InChI=1S/C24H17N3O5S/c1-27-20(23(28)26-19-11-10-15(14-25)12-18(19)24(29)30)13-16-6-5-9-21(22(16)27)33(31,32)17-7-3-2-4-8-17/h2-13H,1H3,(H,26,28)(H,29,30). The van der Waals surface area contributed by atoms with Gasteiger partial charge in [0.05, 0.1) is 38.2 Å². The molecule has 1 amide bonds. The molecule has 8 nitrogen and oxygen atoms in total. The lowest BCUT2D eigenvalue weighted by Gasteiger charge is -2.11. The lowest BCUT2D eigenvalue weighted by molar-refractivity contribution is 0.0698. The monoisotopic (exact) mass is 459 g/mol. The van der Waals surface area contributed by atoms with Crippen LogP contribution in [0.3, 0.4) is 0 Å². The van der Waals surface area contributed by atoms with Gasteiger partial charge in [-0.15, -0.1) is 0 Å². The number of carboxylic acids is 1. The summed E-state index contributed by atoms with van der Waals surface area (Å²) in [5, 5.41) is 21.5. The molecule has 0 atom stereocenters. The number of hydrogen-bond donors (Lipinski definition) is 2. The number of para-hydroxylation sites is 1. The molecule has 0 unspecified atom stereocenters. The molecule has 0 aliphatic rings. The van der Waals surface area contributed by atoms with E-state index in [1.807, 2.05) is 6.07 Å². The Morgan fingerprint density at radius 1 is 1.00 bits per heavy atom. The van der Waals surface area contributed by atoms with E-state index in [0.717, 1.165) is 0 Å². The highest BCUT2D eigenvalue weighted by atomic mass is 32.2. The third-order valence-electron chi connectivity index (χ3n) is 5.22. The number of amides is 1. The van der Waals surface area contributed by atoms with Gasteiger partial charge in [0, 0.05) is 12.4 Å². The van der Waals surface area contributed by atoms with Crippen molar-refractivity contribution in [2.24, 2.45) is 7.05 Å². The fraction of sp³-hybridized carbons (Fsp3) is 0.0417. The van der Waals surface area contributed by atoms with Crippen molar-refractivity contribution in [3.05, 3.63) is 89.6 Å². The first-order chi connectivity index (χ1) is 15.7. The lowest BCUT2D eigenvalue weighted by atomic mass is 10.1. The average Bonchev–Trinajstić information content (AvgIpc) is 3.16. The molecule has 0 bridgehead atoms. The Morgan fingerprint density at radius 2 is 1.73 bits per heavy atom. The summed E-state index contributed by atoms with van der Waals surface area (Å²) >= 11 is 0. The first kappa shape index (κ1) is 21.8. The van der Waals surface area contributed by atoms with Crippen LogP contribution in [0.4, 0.5) is 5.69 Å². The lowest BCUT2D eigenvalue weighted by Crippen LogP contribution is -2.18. The Bertz CT molecular complexity index is 1570. The topological polar surface area (TPSA) is 129 Å². The maximum Gasteiger partial charge on any atom is 0.337 e. The Labute approximate surface area is 189 Å². The van der Waals surface area contributed by atoms with E-state index in [9.17, 15) is 23.1 Å². The Balaban J connectivity index is 1.79. The van der Waals surface area contributed by atoms with Gasteiger partial charge in [-0.2, -0.15) is 5.26 Å². The minimum Gasteiger partial charge on any atom is -0.478 e. The number of hydrogen-bond acceptors (Lipinski definition) is 5. The van der Waals surface area contributed by atoms with Crippen molar-refractivity contribution in [2.45, 2.75) is 9.79 Å². The Hall–Kier alpha value is -4.42. The summed E-state index contributed by atoms with van der Waals surface area (Å²) in [5.41, 5.74) is 0.430. The molecule has 33 heavy (non-hydrogen) atoms. The van der Waals surface area contributed by atoms with Gasteiger partial charge in [0.25, 0.3) is 5.91 Å². The highest BCUT2D eigenvalue weighted by Gasteiger charge is 2.24. The highest BCUT2D eigenvalue weighted by molar-refractivity contribution is 7.91. The maximum absolute atomic E-state index is 13.2. The van der Waals surface area contributed by atoms with E-state index < -0.39 is 21.7 Å². The summed E-state index contributed by atoms with van der Waals surface area (Å²) in [4.78, 5) is 24.8. The smallest absolute Gasteiger partial charge is 0.337 e. The van der Waals surface area contributed by atoms with Crippen LogP contribution >= 0.6 is 0 Å². The van der Waals surface area contributed by atoms with Gasteiger partial charge in [-0.1, -0.05) is 30.3 Å². The number of aromatic carboxylic acids is 1. The predicted molar refractivity (Wildman–Crippen MR) is 121 cm³/mol. The number of aryl methyl sites for hydroxylation is 1. The number of sulfone groups is 1. The largest absolute Gasteiger partial charge is 0.478 e. The highest BCUT2D eigenvalue weighted by Crippen LogP contribution is 2.30. The molecule has 2 N–H and O–H groups in total. The summed E-state index contributed by atoms with van der Waals surface area (Å²) in [6.07, 6.45) is 0. The molecule has 4 aromatic rings. The van der Waals surface area contributed by atoms with E-state index >= 15 is 0 Å². The van der Waals surface area contributed by atoms with Crippen LogP contribution < -0.4 is 5.32 Å². The number of carboxylic acid groups (broad SMARTS) is 1. The zero-order valence-corrected chi connectivity index (χ0v) is 18.1. The quantitative estimate of drug-likeness (QED) is 0.467. The normalized spacial score (nSPS) is 11.2. The number of benzene rings is 3. The van der Waals surface area contributed by atoms with E-state index in [0.29, 0.717) is 10.9 Å². The van der Waals surface area contributed by atoms with Crippen LogP contribution in [0.2, 0.25) is 0 Å². The van der Waals surface area contributed by atoms with E-state index in [1.54, 1.807) is 43.4 Å². The minimum absolute atomic E-state index is 0.0221. The SMILES string of the molecule is Cn1c(C(=O)Nc2ccc(C#N)cc2C(=O)O)cc2cccc(S(=O)(=O)c3ccccc3)c21. The number of rotatable bonds is 5. The van der Waals surface area contributed by atoms with Crippen LogP contribution in [0.5, 0.6) is 0 Å². The van der Waals surface area contributed by atoms with Gasteiger partial charge in [-0.05, 0) is 42.5 Å². The second kappa shape index (κ2) is 8.26. The van der Waals surface area contributed by atoms with Crippen LogP contribution in [0.25, 0.3) is 10.9 Å². The molecule has 164 valence electrons. The number of carbonyl (C=O) groups excluding carboxylic acids is 1. The fourth-order valence-corrected chi connectivity index (χ4v) is 5.16. The molecule has 0 saturated heterocycles. The molecule has 0 fully saturated rings. The van der Waals surface area contributed by atoms with E-state index in [4.69, 9.17) is 5.26 Å². The molecular weight excluding hydrogens is 442 g/mol. The molecule has 0 saturated carbocycles. The molecule has 1 heterocycles. The van der Waals surface area contributed by atoms with E-state index in [2.05, 4.69) is 5.32 Å². The molecule has 1 aromatic heterocycles. The molecule has 0 spiro atoms. The molecule has 4 rings (SSSR count). The molecule has 0 aliphatic carbocycles. The summed E-state index contributed by atoms with van der Waals surface area (Å²) in [5.74, 6) is -1.92. The number of nitrogens with one attached hydrogen (secondary N) is 1. The van der Waals surface area contributed by atoms with E-state index in [-0.39, 0.29) is 32.3 Å². The van der Waals surface area contributed by atoms with E-state index in [1.165, 1.54) is 41.0 Å². The molecular formula is C24H17N3O5S. The van der Waals surface area contributed by atoms with Gasteiger partial charge in [0.1, 0.15) is 5.69 Å². The van der Waals surface area contributed by atoms with Crippen molar-refractivity contribution in [1.29, 1.82) is 5.26 Å². The van der Waals surface area contributed by atoms with Crippen LogP contribution in [-0.4, -0.2) is 30.0 Å². The number of nitriles is 1. The zero-order valence-electron chi connectivity index (χ0n) is 17.3. The van der Waals surface area contributed by atoms with Gasteiger partial charge in [0.2, 0.25) is 9.84 Å². The molecule has 0 radical (unpaired) electrons. The fourth-order valence-electron chi connectivity index (χ4n) is 3.63. The van der Waals surface area contributed by atoms with Gasteiger partial charge < -0.3 is 15.0 Å². The second-order valence-corrected chi connectivity index (χ2v) is 9.15. The Kier molecular flexibility index (Phi) is 5.45. The van der Waals surface area contributed by atoms with Crippen LogP contribution in [0.15, 0.2) is 82.6 Å². The van der Waals surface area contributed by atoms with Crippen molar-refractivity contribution in [1.82, 2.24) is 4.57 Å². The third-order valence-corrected chi connectivity index (χ3v) is 7.02. The van der Waals surface area contributed by atoms with Crippen LogP contribution in [-0.2, 0) is 16.9 Å². The Morgan fingerprint density at radius 3 is 2.39 bits per heavy atom. The number of aromatic nitrogens is 1. The number of anilines is 1.